The van der Waals surface area contributed by atoms with E-state index in [1.54, 1.807) is 0 Å². The van der Waals surface area contributed by atoms with Crippen LogP contribution < -0.4 is 0 Å². The van der Waals surface area contributed by atoms with Gasteiger partial charge in [0.15, 0.2) is 0 Å². The van der Waals surface area contributed by atoms with E-state index in [1.165, 1.54) is 4.90 Å². The second kappa shape index (κ2) is 6.06. The van der Waals surface area contributed by atoms with Crippen LogP contribution in [0, 0.1) is 5.92 Å². The van der Waals surface area contributed by atoms with Gasteiger partial charge in [0.1, 0.15) is 12.6 Å². The number of benzene rings is 1. The highest BCUT2D eigenvalue weighted by molar-refractivity contribution is 6.64. The lowest BCUT2D eigenvalue weighted by molar-refractivity contribution is -0.115. The first-order valence-electron chi connectivity index (χ1n) is 6.24. The lowest BCUT2D eigenvalue weighted by Gasteiger charge is -2.21. The summed E-state index contributed by atoms with van der Waals surface area (Å²) >= 11 is 5.52. The minimum atomic E-state index is -0.556. The van der Waals surface area contributed by atoms with Crippen LogP contribution in [-0.2, 0) is 16.1 Å². The molecular formula is C14H16ClNO3. The van der Waals surface area contributed by atoms with E-state index in [0.717, 1.165) is 5.56 Å². The Morgan fingerprint density at radius 1 is 1.37 bits per heavy atom. The molecule has 0 N–H and O–H groups in total. The van der Waals surface area contributed by atoms with Gasteiger partial charge < -0.3 is 4.74 Å². The normalized spacial score (nSPS) is 22.3. The predicted molar refractivity (Wildman–Crippen MR) is 71.8 cm³/mol. The average Bonchev–Trinajstić information content (AvgIpc) is 2.79. The summed E-state index contributed by atoms with van der Waals surface area (Å²) in [5.74, 6) is 0.261. The fourth-order valence-electron chi connectivity index (χ4n) is 2.27. The molecule has 0 saturated carbocycles. The van der Waals surface area contributed by atoms with E-state index in [1.807, 2.05) is 37.3 Å². The molecule has 1 heterocycles. The molecule has 19 heavy (non-hydrogen) atoms. The van der Waals surface area contributed by atoms with E-state index in [-0.39, 0.29) is 12.5 Å². The molecule has 1 aliphatic rings. The van der Waals surface area contributed by atoms with Gasteiger partial charge in [0.25, 0.3) is 0 Å². The SMILES string of the molecule is C[C@@H]1C[C@H](C(=O)Cl)N(C(=O)OCc2ccccc2)C1. The Labute approximate surface area is 117 Å². The monoisotopic (exact) mass is 281 g/mol. The molecule has 1 aliphatic heterocycles. The van der Waals surface area contributed by atoms with Crippen LogP contribution in [0.25, 0.3) is 0 Å². The van der Waals surface area contributed by atoms with Crippen molar-refractivity contribution >= 4 is 22.9 Å². The van der Waals surface area contributed by atoms with Gasteiger partial charge in [0.05, 0.1) is 0 Å². The smallest absolute Gasteiger partial charge is 0.410 e. The van der Waals surface area contributed by atoms with Gasteiger partial charge >= 0.3 is 6.09 Å². The number of ether oxygens (including phenoxy) is 1. The summed E-state index contributed by atoms with van der Waals surface area (Å²) in [6, 6.07) is 8.86. The topological polar surface area (TPSA) is 46.6 Å². The van der Waals surface area contributed by atoms with Crippen molar-refractivity contribution in [2.24, 2.45) is 5.92 Å². The number of carbonyl (C=O) groups is 2. The predicted octanol–water partition coefficient (Wildman–Crippen LogP) is 2.80. The van der Waals surface area contributed by atoms with Crippen molar-refractivity contribution in [3.63, 3.8) is 0 Å². The first kappa shape index (κ1) is 13.9. The lowest BCUT2D eigenvalue weighted by atomic mass is 10.1. The van der Waals surface area contributed by atoms with Crippen molar-refractivity contribution in [1.82, 2.24) is 4.90 Å². The van der Waals surface area contributed by atoms with Crippen LogP contribution >= 0.6 is 11.6 Å². The van der Waals surface area contributed by atoms with Crippen molar-refractivity contribution in [1.29, 1.82) is 0 Å². The molecule has 0 aromatic heterocycles. The Hall–Kier alpha value is -1.55. The molecule has 0 radical (unpaired) electrons. The summed E-state index contributed by atoms with van der Waals surface area (Å²) in [5.41, 5.74) is 0.914. The molecule has 5 heteroatoms. The van der Waals surface area contributed by atoms with E-state index in [4.69, 9.17) is 16.3 Å². The Bertz CT molecular complexity index is 463. The number of likely N-dealkylation sites (tertiary alicyclic amines) is 1. The first-order chi connectivity index (χ1) is 9.08. The maximum absolute atomic E-state index is 12.0. The second-order valence-electron chi connectivity index (χ2n) is 4.85. The zero-order valence-corrected chi connectivity index (χ0v) is 11.5. The van der Waals surface area contributed by atoms with Crippen LogP contribution in [0.15, 0.2) is 30.3 Å². The Balaban J connectivity index is 1.94. The summed E-state index contributed by atoms with van der Waals surface area (Å²) in [4.78, 5) is 24.7. The molecule has 102 valence electrons. The lowest BCUT2D eigenvalue weighted by Crippen LogP contribution is -2.39. The average molecular weight is 282 g/mol. The molecule has 4 nitrogen and oxygen atoms in total. The molecule has 1 amide bonds. The van der Waals surface area contributed by atoms with Crippen LogP contribution in [0.5, 0.6) is 0 Å². The zero-order chi connectivity index (χ0) is 13.8. The summed E-state index contributed by atoms with van der Waals surface area (Å²) in [7, 11) is 0. The Morgan fingerprint density at radius 2 is 2.05 bits per heavy atom. The Kier molecular flexibility index (Phi) is 4.43. The largest absolute Gasteiger partial charge is 0.445 e. The minimum absolute atomic E-state index is 0.202. The van der Waals surface area contributed by atoms with Crippen molar-refractivity contribution in [3.8, 4) is 0 Å². The molecule has 0 unspecified atom stereocenters. The molecule has 1 fully saturated rings. The maximum atomic E-state index is 12.0. The number of rotatable bonds is 3. The van der Waals surface area contributed by atoms with Gasteiger partial charge in [-0.05, 0) is 29.5 Å². The highest BCUT2D eigenvalue weighted by Gasteiger charge is 2.37. The molecule has 2 rings (SSSR count). The van der Waals surface area contributed by atoms with Gasteiger partial charge in [-0.1, -0.05) is 37.3 Å². The van der Waals surface area contributed by atoms with Crippen molar-refractivity contribution < 1.29 is 14.3 Å². The number of hydrogen-bond donors (Lipinski definition) is 0. The first-order valence-corrected chi connectivity index (χ1v) is 6.62. The fraction of sp³-hybridized carbons (Fsp3) is 0.429. The quantitative estimate of drug-likeness (QED) is 0.801. The van der Waals surface area contributed by atoms with Gasteiger partial charge in [0, 0.05) is 6.54 Å². The minimum Gasteiger partial charge on any atom is -0.445 e. The van der Waals surface area contributed by atoms with Gasteiger partial charge in [-0.15, -0.1) is 0 Å². The third-order valence-corrected chi connectivity index (χ3v) is 3.46. The van der Waals surface area contributed by atoms with Gasteiger partial charge in [-0.3, -0.25) is 9.69 Å². The highest BCUT2D eigenvalue weighted by atomic mass is 35.5. The van der Waals surface area contributed by atoms with Crippen molar-refractivity contribution in [2.45, 2.75) is 26.0 Å². The Morgan fingerprint density at radius 3 is 2.68 bits per heavy atom. The summed E-state index contributed by atoms with van der Waals surface area (Å²) in [6.07, 6.45) is 0.121. The molecule has 2 atom stereocenters. The number of carbonyl (C=O) groups excluding carboxylic acids is 2. The number of amides is 1. The number of nitrogens with zero attached hydrogens (tertiary/aromatic N) is 1. The van der Waals surface area contributed by atoms with Crippen molar-refractivity contribution in [3.05, 3.63) is 35.9 Å². The second-order valence-corrected chi connectivity index (χ2v) is 5.23. The fourth-order valence-corrected chi connectivity index (χ4v) is 2.47. The van der Waals surface area contributed by atoms with Crippen molar-refractivity contribution in [2.75, 3.05) is 6.54 Å². The summed E-state index contributed by atoms with van der Waals surface area (Å²) in [5, 5.41) is -0.499. The van der Waals surface area contributed by atoms with Crippen LogP contribution in [0.1, 0.15) is 18.9 Å². The maximum Gasteiger partial charge on any atom is 0.410 e. The van der Waals surface area contributed by atoms with Crippen LogP contribution in [-0.4, -0.2) is 28.8 Å². The molecule has 0 bridgehead atoms. The van der Waals surface area contributed by atoms with E-state index >= 15 is 0 Å². The van der Waals surface area contributed by atoms with E-state index in [2.05, 4.69) is 0 Å². The van der Waals surface area contributed by atoms with Crippen LogP contribution in [0.4, 0.5) is 4.79 Å². The molecule has 1 aromatic carbocycles. The standard InChI is InChI=1S/C14H16ClNO3/c1-10-7-12(13(15)17)16(8-10)14(18)19-9-11-5-3-2-4-6-11/h2-6,10,12H,7-9H2,1H3/t10-,12-/m1/s1. The molecule has 0 spiro atoms. The summed E-state index contributed by atoms with van der Waals surface area (Å²) < 4.78 is 5.22. The van der Waals surface area contributed by atoms with Gasteiger partial charge in [0.2, 0.25) is 5.24 Å². The molecule has 1 aromatic rings. The number of hydrogen-bond acceptors (Lipinski definition) is 3. The molecular weight excluding hydrogens is 266 g/mol. The van der Waals surface area contributed by atoms with Gasteiger partial charge in [-0.25, -0.2) is 4.79 Å². The highest BCUT2D eigenvalue weighted by Crippen LogP contribution is 2.25. The van der Waals surface area contributed by atoms with E-state index in [9.17, 15) is 9.59 Å². The molecule has 0 aliphatic carbocycles. The number of halogens is 1. The van der Waals surface area contributed by atoms with Crippen LogP contribution in [0.3, 0.4) is 0 Å². The summed E-state index contributed by atoms with van der Waals surface area (Å²) in [6.45, 7) is 2.70. The van der Waals surface area contributed by atoms with Gasteiger partial charge in [-0.2, -0.15) is 0 Å². The third-order valence-electron chi connectivity index (χ3n) is 3.21. The van der Waals surface area contributed by atoms with Crippen LogP contribution in [0.2, 0.25) is 0 Å². The van der Waals surface area contributed by atoms with E-state index < -0.39 is 17.4 Å². The van der Waals surface area contributed by atoms with E-state index in [0.29, 0.717) is 13.0 Å². The molecule has 1 saturated heterocycles. The third kappa shape index (κ3) is 3.47. The zero-order valence-electron chi connectivity index (χ0n) is 10.7.